The Balaban J connectivity index is 1.49. The van der Waals surface area contributed by atoms with Gasteiger partial charge in [0.25, 0.3) is 0 Å². The summed E-state index contributed by atoms with van der Waals surface area (Å²) in [6.07, 6.45) is -2.16. The van der Waals surface area contributed by atoms with Crippen LogP contribution in [0.5, 0.6) is 11.6 Å². The molecular weight excluding hydrogens is 487 g/mol. The first kappa shape index (κ1) is 24.6. The number of aryl methyl sites for hydroxylation is 1. The van der Waals surface area contributed by atoms with Crippen LogP contribution < -0.4 is 20.3 Å². The number of ether oxygens (including phenoxy) is 2. The number of nitrogens with one attached hydrogen (secondary N) is 2. The SMILES string of the molecule is COc1cc(N2CCOCC2)ccc1Nc1cc(Nc2cccc3cn(C)c(O)c23)c(C(F)(F)F)cn1. The molecule has 1 fully saturated rings. The molecule has 5 rings (SSSR count). The second-order valence-electron chi connectivity index (χ2n) is 8.68. The summed E-state index contributed by atoms with van der Waals surface area (Å²) in [5.41, 5.74) is 0.722. The van der Waals surface area contributed by atoms with Crippen LogP contribution in [0, 0.1) is 0 Å². The number of rotatable bonds is 6. The van der Waals surface area contributed by atoms with Crippen molar-refractivity contribution in [2.24, 2.45) is 7.05 Å². The first-order chi connectivity index (χ1) is 17.7. The molecule has 4 aromatic rings. The fourth-order valence-electron chi connectivity index (χ4n) is 4.42. The maximum Gasteiger partial charge on any atom is 0.419 e. The molecule has 0 atom stereocenters. The van der Waals surface area contributed by atoms with E-state index in [4.69, 9.17) is 9.47 Å². The van der Waals surface area contributed by atoms with Gasteiger partial charge >= 0.3 is 6.18 Å². The van der Waals surface area contributed by atoms with E-state index < -0.39 is 11.7 Å². The highest BCUT2D eigenvalue weighted by atomic mass is 19.4. The lowest BCUT2D eigenvalue weighted by atomic mass is 10.1. The van der Waals surface area contributed by atoms with Crippen LogP contribution in [0.1, 0.15) is 5.56 Å². The van der Waals surface area contributed by atoms with Crippen molar-refractivity contribution in [3.63, 3.8) is 0 Å². The van der Waals surface area contributed by atoms with Crippen molar-refractivity contribution >= 4 is 39.3 Å². The molecule has 11 heteroatoms. The van der Waals surface area contributed by atoms with Crippen molar-refractivity contribution in [1.82, 2.24) is 9.55 Å². The lowest BCUT2D eigenvalue weighted by molar-refractivity contribution is -0.137. The van der Waals surface area contributed by atoms with Crippen molar-refractivity contribution in [3.8, 4) is 11.6 Å². The molecule has 1 aliphatic heterocycles. The molecule has 0 spiro atoms. The lowest BCUT2D eigenvalue weighted by Crippen LogP contribution is -2.36. The van der Waals surface area contributed by atoms with Gasteiger partial charge in [0, 0.05) is 55.7 Å². The zero-order valence-corrected chi connectivity index (χ0v) is 20.3. The van der Waals surface area contributed by atoms with Crippen LogP contribution in [0.25, 0.3) is 10.8 Å². The van der Waals surface area contributed by atoms with Crippen LogP contribution >= 0.6 is 0 Å². The van der Waals surface area contributed by atoms with Crippen molar-refractivity contribution in [3.05, 3.63) is 60.4 Å². The highest BCUT2D eigenvalue weighted by Crippen LogP contribution is 2.41. The first-order valence-corrected chi connectivity index (χ1v) is 11.6. The fraction of sp³-hybridized carbons (Fsp3) is 0.269. The first-order valence-electron chi connectivity index (χ1n) is 11.6. The number of hydrogen-bond acceptors (Lipinski definition) is 7. The number of halogens is 3. The monoisotopic (exact) mass is 513 g/mol. The van der Waals surface area contributed by atoms with Crippen molar-refractivity contribution in [2.45, 2.75) is 6.18 Å². The topological polar surface area (TPSA) is 83.8 Å². The van der Waals surface area contributed by atoms with Gasteiger partial charge in [0.2, 0.25) is 5.88 Å². The Morgan fingerprint density at radius 2 is 1.81 bits per heavy atom. The third-order valence-corrected chi connectivity index (χ3v) is 6.29. The number of nitrogens with zero attached hydrogens (tertiary/aromatic N) is 3. The number of pyridine rings is 1. The highest BCUT2D eigenvalue weighted by molar-refractivity contribution is 6.00. The minimum Gasteiger partial charge on any atom is -0.494 e. The van der Waals surface area contributed by atoms with Gasteiger partial charge < -0.3 is 34.7 Å². The van der Waals surface area contributed by atoms with E-state index >= 15 is 0 Å². The number of aromatic nitrogens is 2. The number of fused-ring (bicyclic) bond motifs is 1. The maximum atomic E-state index is 13.9. The summed E-state index contributed by atoms with van der Waals surface area (Å²) in [4.78, 5) is 6.18. The molecule has 3 N–H and O–H groups in total. The molecule has 0 radical (unpaired) electrons. The van der Waals surface area contributed by atoms with E-state index in [1.54, 1.807) is 37.5 Å². The Bertz CT molecular complexity index is 1430. The van der Waals surface area contributed by atoms with Crippen LogP contribution in [-0.2, 0) is 18.0 Å². The Morgan fingerprint density at radius 3 is 2.54 bits per heavy atom. The Morgan fingerprint density at radius 1 is 1.03 bits per heavy atom. The van der Waals surface area contributed by atoms with Gasteiger partial charge in [0.15, 0.2) is 0 Å². The van der Waals surface area contributed by atoms with Gasteiger partial charge in [0.1, 0.15) is 11.6 Å². The van der Waals surface area contributed by atoms with Gasteiger partial charge in [-0.15, -0.1) is 0 Å². The van der Waals surface area contributed by atoms with Crippen LogP contribution in [-0.4, -0.2) is 48.1 Å². The normalized spacial score (nSPS) is 14.1. The summed E-state index contributed by atoms with van der Waals surface area (Å²) in [5.74, 6) is 0.667. The molecule has 1 aliphatic rings. The van der Waals surface area contributed by atoms with Gasteiger partial charge in [-0.25, -0.2) is 4.98 Å². The molecule has 0 amide bonds. The Labute approximate surface area is 211 Å². The van der Waals surface area contributed by atoms with E-state index in [0.29, 0.717) is 41.1 Å². The summed E-state index contributed by atoms with van der Waals surface area (Å²) in [6.45, 7) is 2.80. The average Bonchev–Trinajstić information content (AvgIpc) is 3.18. The summed E-state index contributed by atoms with van der Waals surface area (Å²) in [7, 11) is 3.19. The average molecular weight is 514 g/mol. The minimum absolute atomic E-state index is 0.0517. The molecular formula is C26H26F3N5O3. The second-order valence-corrected chi connectivity index (χ2v) is 8.68. The summed E-state index contributed by atoms with van der Waals surface area (Å²) < 4.78 is 54.0. The number of hydrogen-bond donors (Lipinski definition) is 3. The lowest BCUT2D eigenvalue weighted by Gasteiger charge is -2.29. The summed E-state index contributed by atoms with van der Waals surface area (Å²) >= 11 is 0. The Hall–Kier alpha value is -4.12. The summed E-state index contributed by atoms with van der Waals surface area (Å²) in [5, 5.41) is 17.5. The predicted molar refractivity (Wildman–Crippen MR) is 136 cm³/mol. The molecule has 2 aromatic carbocycles. The molecule has 0 aliphatic carbocycles. The van der Waals surface area contributed by atoms with E-state index in [-0.39, 0.29) is 17.4 Å². The number of aromatic hydroxyl groups is 1. The molecule has 194 valence electrons. The molecule has 37 heavy (non-hydrogen) atoms. The number of anilines is 5. The van der Waals surface area contributed by atoms with E-state index in [1.165, 1.54) is 17.7 Å². The maximum absolute atomic E-state index is 13.9. The van der Waals surface area contributed by atoms with Crippen molar-refractivity contribution in [1.29, 1.82) is 0 Å². The molecule has 0 saturated carbocycles. The fourth-order valence-corrected chi connectivity index (χ4v) is 4.42. The van der Waals surface area contributed by atoms with Crippen LogP contribution in [0.4, 0.5) is 41.7 Å². The number of methoxy groups -OCH3 is 1. The Kier molecular flexibility index (Phi) is 6.46. The van der Waals surface area contributed by atoms with E-state index in [1.807, 2.05) is 12.1 Å². The van der Waals surface area contributed by atoms with Crippen LogP contribution in [0.3, 0.4) is 0 Å². The van der Waals surface area contributed by atoms with E-state index in [2.05, 4.69) is 20.5 Å². The predicted octanol–water partition coefficient (Wildman–Crippen LogP) is 5.63. The largest absolute Gasteiger partial charge is 0.494 e. The van der Waals surface area contributed by atoms with Gasteiger partial charge in [-0.05, 0) is 18.2 Å². The number of alkyl halides is 3. The van der Waals surface area contributed by atoms with E-state index in [9.17, 15) is 18.3 Å². The number of morpholine rings is 1. The molecule has 0 unspecified atom stereocenters. The molecule has 1 saturated heterocycles. The minimum atomic E-state index is -4.64. The van der Waals surface area contributed by atoms with Gasteiger partial charge in [-0.3, -0.25) is 0 Å². The molecule has 8 nitrogen and oxygen atoms in total. The van der Waals surface area contributed by atoms with Gasteiger partial charge in [-0.1, -0.05) is 12.1 Å². The quantitative estimate of drug-likeness (QED) is 0.308. The number of benzene rings is 2. The third kappa shape index (κ3) is 4.94. The van der Waals surface area contributed by atoms with E-state index in [0.717, 1.165) is 25.0 Å². The summed E-state index contributed by atoms with van der Waals surface area (Å²) in [6, 6.07) is 12.0. The van der Waals surface area contributed by atoms with Gasteiger partial charge in [-0.2, -0.15) is 13.2 Å². The third-order valence-electron chi connectivity index (χ3n) is 6.29. The molecule has 3 heterocycles. The van der Waals surface area contributed by atoms with Crippen LogP contribution in [0.2, 0.25) is 0 Å². The standard InChI is InChI=1S/C26H26F3N5O3/c1-33-15-16-4-3-5-20(24(16)25(33)35)31-21-13-23(30-14-18(21)26(27,28)29)32-19-7-6-17(12-22(19)36-2)34-8-10-37-11-9-34/h3-7,12-15,35H,8-11H2,1-2H3,(H2,30,31,32). The smallest absolute Gasteiger partial charge is 0.419 e. The zero-order valence-electron chi connectivity index (χ0n) is 20.3. The molecule has 2 aromatic heterocycles. The molecule has 0 bridgehead atoms. The van der Waals surface area contributed by atoms with Crippen molar-refractivity contribution in [2.75, 3.05) is 48.9 Å². The second kappa shape index (κ2) is 9.74. The van der Waals surface area contributed by atoms with Crippen molar-refractivity contribution < 1.29 is 27.8 Å². The highest BCUT2D eigenvalue weighted by Gasteiger charge is 2.34. The van der Waals surface area contributed by atoms with Gasteiger partial charge in [0.05, 0.1) is 48.3 Å². The van der Waals surface area contributed by atoms with Crippen LogP contribution in [0.15, 0.2) is 54.9 Å². The zero-order chi connectivity index (χ0) is 26.2.